The van der Waals surface area contributed by atoms with Crippen molar-refractivity contribution in [2.24, 2.45) is 0 Å². The van der Waals surface area contributed by atoms with Crippen LogP contribution in [0.25, 0.3) is 53.9 Å². The predicted octanol–water partition coefficient (Wildman–Crippen LogP) is 23.8. The second kappa shape index (κ2) is 40.0. The lowest BCUT2D eigenvalue weighted by Gasteiger charge is -2.17. The van der Waals surface area contributed by atoms with Gasteiger partial charge in [-0.3, -0.25) is 28.5 Å². The highest BCUT2D eigenvalue weighted by Crippen LogP contribution is 2.44. The lowest BCUT2D eigenvalue weighted by Crippen LogP contribution is -2.15. The molecule has 0 aliphatic carbocycles. The number of nitrogens with one attached hydrogen (secondary N) is 6. The van der Waals surface area contributed by atoms with E-state index in [0.717, 1.165) is 132 Å². The number of carbonyl (C=O) groups is 2. The molecule has 0 fully saturated rings. The zero-order chi connectivity index (χ0) is 85.6. The first-order valence-corrected chi connectivity index (χ1v) is 47.5. The summed E-state index contributed by atoms with van der Waals surface area (Å²) in [6, 6.07) is 69.5. The molecule has 14 aromatic carbocycles. The summed E-state index contributed by atoms with van der Waals surface area (Å²) in [4.78, 5) is 24.9. The van der Waals surface area contributed by atoms with E-state index in [2.05, 4.69) is 139 Å². The fraction of sp³-hybridized carbons (Fsp3) is 0.136. The van der Waals surface area contributed by atoms with Crippen LogP contribution in [-0.4, -0.2) is 45.5 Å². The van der Waals surface area contributed by atoms with Gasteiger partial charge in [-0.05, 0) is 186 Å². The van der Waals surface area contributed by atoms with Gasteiger partial charge in [-0.2, -0.15) is 0 Å². The first kappa shape index (κ1) is 90.7. The highest BCUT2D eigenvalue weighted by atomic mass is 79.9. The molecule has 2 amide bonds. The van der Waals surface area contributed by atoms with Crippen molar-refractivity contribution < 1.29 is 43.3 Å². The van der Waals surface area contributed by atoms with E-state index in [9.17, 15) is 43.3 Å². The number of anilines is 10. The summed E-state index contributed by atoms with van der Waals surface area (Å²) < 4.78 is 119. The number of carbonyl (C=O) groups excluding carboxylic acids is 2. The largest absolute Gasteiger partial charge is 0.398 e. The number of hydrogen-bond donors (Lipinski definition) is 10. The van der Waals surface area contributed by atoms with Gasteiger partial charge >= 0.3 is 0 Å². The van der Waals surface area contributed by atoms with Crippen molar-refractivity contribution in [3.8, 4) is 0 Å². The molecular weight excluding hydrogens is 1960 g/mol. The van der Waals surface area contributed by atoms with Gasteiger partial charge in [0, 0.05) is 128 Å². The number of hydrogen-bond acceptors (Lipinski definition) is 14. The van der Waals surface area contributed by atoms with E-state index in [1.807, 2.05) is 113 Å². The summed E-state index contributed by atoms with van der Waals surface area (Å²) in [5.74, 6) is -0.000450. The maximum Gasteiger partial charge on any atom is 0.261 e. The molecule has 0 bridgehead atoms. The van der Waals surface area contributed by atoms with Gasteiger partial charge in [-0.25, -0.2) is 33.7 Å². The number of fused-ring (bicyclic) bond motifs is 5. The molecule has 0 saturated carbocycles. The van der Waals surface area contributed by atoms with Crippen LogP contribution in [0.3, 0.4) is 0 Å². The molecule has 0 atom stereocenters. The van der Waals surface area contributed by atoms with Crippen LogP contribution < -0.4 is 52.5 Å². The van der Waals surface area contributed by atoms with Crippen molar-refractivity contribution in [1.82, 2.24) is 0 Å². The fourth-order valence-corrected chi connectivity index (χ4v) is 19.9. The topological polar surface area (TPSA) is 347 Å². The van der Waals surface area contributed by atoms with E-state index in [0.29, 0.717) is 66.1 Å². The van der Waals surface area contributed by atoms with E-state index >= 15 is 0 Å². The molecule has 0 spiro atoms. The summed E-state index contributed by atoms with van der Waals surface area (Å²) in [6.07, 6.45) is 4.68. The van der Waals surface area contributed by atoms with Crippen LogP contribution in [0.5, 0.6) is 0 Å². The van der Waals surface area contributed by atoms with E-state index < -0.39 is 40.1 Å². The van der Waals surface area contributed by atoms with Gasteiger partial charge in [0.2, 0.25) is 11.8 Å². The number of amides is 2. The van der Waals surface area contributed by atoms with Crippen molar-refractivity contribution in [2.75, 3.05) is 52.5 Å². The summed E-state index contributed by atoms with van der Waals surface area (Å²) in [7, 11) is -15.4. The quantitative estimate of drug-likeness (QED) is 0.0317. The molecule has 0 aliphatic rings. The lowest BCUT2D eigenvalue weighted by atomic mass is 10.1. The van der Waals surface area contributed by atoms with Crippen molar-refractivity contribution in [1.29, 1.82) is 0 Å². The first-order chi connectivity index (χ1) is 56.0. The SMILES string of the molecule is CCCCC(=O)Nc1ccc(Br)c2c(NC(=O)CCCC)ccc(Br)c12.Cc1ccc(S(=O)(=O)Nc2ccc(Br)c3c(NS(=O)(=O)c4ccc(C)cc4)ccc(Br)c23)cc1.Cc1ccc(S(=O)(=O)Nc2cccc3c(NS(=O)(=O)c4ccc(C)cc4)cccc23)cc1.Nc1ccc(Br)c2c(N)ccc(Br)c12.Nc1cccc2c(N)cccc12. The predicted molar refractivity (Wildman–Crippen MR) is 508 cm³/mol. The third-order valence-corrected chi connectivity index (χ3v) is 28.0. The third-order valence-electron chi connectivity index (χ3n) is 18.5. The Morgan fingerprint density at radius 3 is 0.797 bits per heavy atom. The second-order valence-corrected chi connectivity index (χ2v) is 39.2. The summed E-state index contributed by atoms with van der Waals surface area (Å²) in [5.41, 5.74) is 32.9. The lowest BCUT2D eigenvalue weighted by molar-refractivity contribution is -0.117. The number of sulfonamides is 4. The Kier molecular flexibility index (Phi) is 30.7. The molecule has 0 aromatic heterocycles. The summed E-state index contributed by atoms with van der Waals surface area (Å²) in [6.45, 7) is 11.6. The Bertz CT molecular complexity index is 6150. The molecule has 14 rings (SSSR count). The van der Waals surface area contributed by atoms with Crippen molar-refractivity contribution in [3.63, 3.8) is 0 Å². The zero-order valence-corrected chi connectivity index (χ0v) is 77.4. The van der Waals surface area contributed by atoms with Gasteiger partial charge in [0.05, 0.1) is 42.3 Å². The second-order valence-electron chi connectivity index (χ2n) is 27.4. The van der Waals surface area contributed by atoms with Crippen molar-refractivity contribution >= 4 is 258 Å². The van der Waals surface area contributed by atoms with Gasteiger partial charge in [0.25, 0.3) is 40.1 Å². The molecule has 118 heavy (non-hydrogen) atoms. The summed E-state index contributed by atoms with van der Waals surface area (Å²) in [5, 5.41) is 13.9. The zero-order valence-electron chi connectivity index (χ0n) is 64.6. The highest BCUT2D eigenvalue weighted by molar-refractivity contribution is 9.11. The Balaban J connectivity index is 0.000000163. The molecule has 14 N–H and O–H groups in total. The molecular formula is C88H84Br6N10O10S4. The van der Waals surface area contributed by atoms with Gasteiger partial charge in [-0.15, -0.1) is 0 Å². The van der Waals surface area contributed by atoms with Crippen molar-refractivity contribution in [2.45, 2.75) is 99.6 Å². The minimum absolute atomic E-state index is 0.000225. The number of aryl methyl sites for hydroxylation is 4. The van der Waals surface area contributed by atoms with E-state index in [-0.39, 0.29) is 31.4 Å². The first-order valence-electron chi connectivity index (χ1n) is 36.8. The van der Waals surface area contributed by atoms with Crippen LogP contribution in [-0.2, 0) is 49.7 Å². The number of nitrogens with two attached hydrogens (primary N) is 4. The molecule has 14 aromatic rings. The number of benzene rings is 14. The van der Waals surface area contributed by atoms with Gasteiger partial charge in [-0.1, -0.05) is 242 Å². The monoisotopic (exact) mass is 2040 g/mol. The Hall–Kier alpha value is -9.60. The third kappa shape index (κ3) is 22.7. The number of halogens is 6. The Labute approximate surface area is 738 Å². The van der Waals surface area contributed by atoms with Gasteiger partial charge in [0.1, 0.15) is 0 Å². The molecule has 0 unspecified atom stereocenters. The number of rotatable bonds is 20. The highest BCUT2D eigenvalue weighted by Gasteiger charge is 2.24. The van der Waals surface area contributed by atoms with Crippen LogP contribution in [0.15, 0.2) is 289 Å². The van der Waals surface area contributed by atoms with E-state index in [4.69, 9.17) is 22.9 Å². The van der Waals surface area contributed by atoms with Gasteiger partial charge in [0.15, 0.2) is 0 Å². The van der Waals surface area contributed by atoms with E-state index in [1.54, 1.807) is 133 Å². The van der Waals surface area contributed by atoms with E-state index in [1.165, 1.54) is 24.3 Å². The maximum atomic E-state index is 13.0. The molecule has 30 heteroatoms. The Morgan fingerprint density at radius 2 is 0.508 bits per heavy atom. The normalized spacial score (nSPS) is 11.4. The molecule has 0 heterocycles. The summed E-state index contributed by atoms with van der Waals surface area (Å²) >= 11 is 21.1. The molecule has 0 aliphatic heterocycles. The molecule has 20 nitrogen and oxygen atoms in total. The smallest absolute Gasteiger partial charge is 0.261 e. The maximum absolute atomic E-state index is 13.0. The van der Waals surface area contributed by atoms with Crippen LogP contribution in [0, 0.1) is 27.7 Å². The molecule has 612 valence electrons. The number of nitrogen functional groups attached to an aromatic ring is 4. The standard InChI is InChI=1S/C24H20Br2N2O4S2.C24H22N2O4S2.C20H24Br2N2O2.C10H8Br2N2.C10H10N2/c1-15-3-7-17(8-4-15)33(29,30)27-21-13-11-20(26)24-22(14-12-19(25)23(21)24)28-34(31,32)18-9-5-16(2)6-10-18;1-17-9-13-19(14-10-17)31(27,28)25-23-7-3-6-22-21(23)5-4-8-24(22)26-32(29,30)20-15-11-18(2)12-16-20;1-3-5-7-17(25)23-15-11-9-14(22)20-16(12-10-13(21)19(15)20)24-18(26)8-6-4-2;11-5-1-3-7(13)10-6(12)2-4-8(14)9(5)10;11-9-5-1-3-7-8(9)4-2-6-10(7)12/h3-14,27-28H,1-2H3;3-16,25-26H,1-2H3;9-12H,3-8H2,1-2H3,(H,23,25)(H,24,26);1-4H,13-14H2;1-6H,11-12H2. The van der Waals surface area contributed by atoms with Crippen molar-refractivity contribution in [3.05, 3.63) is 292 Å². The van der Waals surface area contributed by atoms with Crippen LogP contribution in [0.2, 0.25) is 0 Å². The van der Waals surface area contributed by atoms with Crippen LogP contribution in [0.4, 0.5) is 56.9 Å². The van der Waals surface area contributed by atoms with Crippen LogP contribution in [0.1, 0.15) is 74.6 Å². The minimum atomic E-state index is -3.87. The fourth-order valence-electron chi connectivity index (χ4n) is 12.3. The molecule has 0 saturated heterocycles. The number of unbranched alkanes of at least 4 members (excludes halogenated alkanes) is 2. The molecule has 0 radical (unpaired) electrons. The van der Waals surface area contributed by atoms with Crippen LogP contribution >= 0.6 is 95.6 Å². The van der Waals surface area contributed by atoms with Gasteiger partial charge < -0.3 is 33.6 Å². The average molecular weight is 2050 g/mol. The Morgan fingerprint density at radius 1 is 0.271 bits per heavy atom. The minimum Gasteiger partial charge on any atom is -0.398 e. The average Bonchev–Trinajstić information content (AvgIpc) is 0.779.